The number of hydrogen-bond donors (Lipinski definition) is 0. The van der Waals surface area contributed by atoms with Gasteiger partial charge in [0.1, 0.15) is 5.82 Å². The molecule has 0 spiro atoms. The number of sulfone groups is 1. The molecule has 2 aromatic carbocycles. The first kappa shape index (κ1) is 20.0. The van der Waals surface area contributed by atoms with Crippen molar-refractivity contribution in [3.63, 3.8) is 0 Å². The minimum absolute atomic E-state index is 0.0261. The third-order valence-corrected chi connectivity index (χ3v) is 6.11. The third kappa shape index (κ3) is 3.76. The van der Waals surface area contributed by atoms with Gasteiger partial charge in [0.25, 0.3) is 11.5 Å². The lowest BCUT2D eigenvalue weighted by molar-refractivity contribution is 0.0489. The zero-order chi connectivity index (χ0) is 21.5. The summed E-state index contributed by atoms with van der Waals surface area (Å²) in [5, 5.41) is 4.33. The van der Waals surface area contributed by atoms with Crippen LogP contribution in [-0.4, -0.2) is 48.4 Å². The molecule has 7 nitrogen and oxygen atoms in total. The zero-order valence-corrected chi connectivity index (χ0v) is 16.8. The number of rotatable bonds is 4. The van der Waals surface area contributed by atoms with Gasteiger partial charge < -0.3 is 4.90 Å². The molecule has 1 aromatic heterocycles. The van der Waals surface area contributed by atoms with Crippen LogP contribution < -0.4 is 5.56 Å². The Morgan fingerprint density at radius 3 is 2.50 bits per heavy atom. The van der Waals surface area contributed by atoms with Crippen molar-refractivity contribution in [3.05, 3.63) is 82.4 Å². The van der Waals surface area contributed by atoms with Gasteiger partial charge >= 0.3 is 0 Å². The Kier molecular flexibility index (Phi) is 4.98. The topological polar surface area (TPSA) is 89.3 Å². The van der Waals surface area contributed by atoms with E-state index in [1.807, 2.05) is 0 Å². The van der Waals surface area contributed by atoms with E-state index in [-0.39, 0.29) is 35.1 Å². The van der Waals surface area contributed by atoms with E-state index in [2.05, 4.69) is 5.10 Å². The fourth-order valence-electron chi connectivity index (χ4n) is 3.40. The molecule has 0 bridgehead atoms. The van der Waals surface area contributed by atoms with Crippen molar-refractivity contribution >= 4 is 15.7 Å². The van der Waals surface area contributed by atoms with Gasteiger partial charge in [-0.25, -0.2) is 17.5 Å². The summed E-state index contributed by atoms with van der Waals surface area (Å²) in [6.45, 7) is 0.437. The second kappa shape index (κ2) is 7.49. The van der Waals surface area contributed by atoms with Gasteiger partial charge in [-0.15, -0.1) is 0 Å². The summed E-state index contributed by atoms with van der Waals surface area (Å²) in [5.74, 6) is -0.821. The van der Waals surface area contributed by atoms with Crippen LogP contribution in [0.4, 0.5) is 4.39 Å². The lowest BCUT2D eigenvalue weighted by Gasteiger charge is -2.39. The highest BCUT2D eigenvalue weighted by Gasteiger charge is 2.35. The molecular formula is C21H18FN3O4S. The molecule has 0 atom stereocenters. The maximum atomic E-state index is 13.5. The molecule has 4 rings (SSSR count). The second-order valence-electron chi connectivity index (χ2n) is 7.14. The highest BCUT2D eigenvalue weighted by molar-refractivity contribution is 7.90. The van der Waals surface area contributed by atoms with E-state index in [0.717, 1.165) is 6.26 Å². The van der Waals surface area contributed by atoms with Crippen molar-refractivity contribution in [2.45, 2.75) is 10.9 Å². The van der Waals surface area contributed by atoms with Crippen LogP contribution in [0.2, 0.25) is 0 Å². The van der Waals surface area contributed by atoms with Crippen LogP contribution in [-0.2, 0) is 9.84 Å². The van der Waals surface area contributed by atoms with E-state index in [9.17, 15) is 22.4 Å². The summed E-state index contributed by atoms with van der Waals surface area (Å²) < 4.78 is 38.7. The summed E-state index contributed by atoms with van der Waals surface area (Å²) >= 11 is 0. The number of benzene rings is 2. The number of likely N-dealkylation sites (tertiary alicyclic amines) is 1. The molecule has 0 aliphatic carbocycles. The highest BCUT2D eigenvalue weighted by Crippen LogP contribution is 2.25. The van der Waals surface area contributed by atoms with E-state index in [1.165, 1.54) is 46.0 Å². The maximum absolute atomic E-state index is 13.5. The first-order chi connectivity index (χ1) is 14.2. The first-order valence-electron chi connectivity index (χ1n) is 9.18. The van der Waals surface area contributed by atoms with E-state index in [1.54, 1.807) is 24.3 Å². The average molecular weight is 427 g/mol. The van der Waals surface area contributed by atoms with E-state index < -0.39 is 21.6 Å². The number of nitrogens with zero attached hydrogens (tertiary/aromatic N) is 3. The molecule has 0 unspecified atom stereocenters. The summed E-state index contributed by atoms with van der Waals surface area (Å²) in [6.07, 6.45) is 1.05. The van der Waals surface area contributed by atoms with Crippen molar-refractivity contribution in [3.8, 4) is 11.3 Å². The molecule has 1 saturated heterocycles. The molecule has 1 aliphatic rings. The minimum Gasteiger partial charge on any atom is -0.334 e. The Balaban J connectivity index is 1.56. The van der Waals surface area contributed by atoms with Gasteiger partial charge in [-0.1, -0.05) is 24.3 Å². The summed E-state index contributed by atoms with van der Waals surface area (Å²) in [4.78, 5) is 26.5. The minimum atomic E-state index is -3.55. The molecular weight excluding hydrogens is 409 g/mol. The standard InChI is InChI=1S/C21H18FN3O4S/c1-30(28,29)19-8-3-2-7-17(19)21(27)24-12-16(13-24)25-20(26)10-9-18(23-25)14-5-4-6-15(22)11-14/h2-11,16H,12-13H2,1H3. The van der Waals surface area contributed by atoms with Crippen molar-refractivity contribution in [2.24, 2.45) is 0 Å². The van der Waals surface area contributed by atoms with Gasteiger partial charge in [-0.05, 0) is 30.3 Å². The Morgan fingerprint density at radius 2 is 1.80 bits per heavy atom. The molecule has 3 aromatic rings. The Bertz CT molecular complexity index is 1300. The van der Waals surface area contributed by atoms with Gasteiger partial charge in [-0.2, -0.15) is 5.10 Å². The van der Waals surface area contributed by atoms with E-state index in [0.29, 0.717) is 11.3 Å². The van der Waals surface area contributed by atoms with Gasteiger partial charge in [0, 0.05) is 31.0 Å². The molecule has 154 valence electrons. The highest BCUT2D eigenvalue weighted by atomic mass is 32.2. The smallest absolute Gasteiger partial charge is 0.267 e. The first-order valence-corrected chi connectivity index (χ1v) is 11.1. The molecule has 0 N–H and O–H groups in total. The molecule has 9 heteroatoms. The molecule has 0 radical (unpaired) electrons. The Labute approximate surface area is 172 Å². The lowest BCUT2D eigenvalue weighted by atomic mass is 10.1. The molecule has 0 saturated carbocycles. The molecule has 1 amide bonds. The van der Waals surface area contributed by atoms with Gasteiger partial charge in [0.2, 0.25) is 0 Å². The van der Waals surface area contributed by atoms with Crippen molar-refractivity contribution in [1.29, 1.82) is 0 Å². The van der Waals surface area contributed by atoms with Crippen molar-refractivity contribution in [1.82, 2.24) is 14.7 Å². The van der Waals surface area contributed by atoms with Crippen molar-refractivity contribution in [2.75, 3.05) is 19.3 Å². The maximum Gasteiger partial charge on any atom is 0.267 e. The monoisotopic (exact) mass is 427 g/mol. The summed E-state index contributed by atoms with van der Waals surface area (Å²) in [5.41, 5.74) is 0.760. The van der Waals surface area contributed by atoms with Crippen LogP contribution in [0, 0.1) is 5.82 Å². The number of hydrogen-bond acceptors (Lipinski definition) is 5. The van der Waals surface area contributed by atoms with Crippen LogP contribution in [0.1, 0.15) is 16.4 Å². The predicted molar refractivity (Wildman–Crippen MR) is 108 cm³/mol. The largest absolute Gasteiger partial charge is 0.334 e. The average Bonchev–Trinajstić information content (AvgIpc) is 2.67. The van der Waals surface area contributed by atoms with Crippen LogP contribution in [0.15, 0.2) is 70.4 Å². The zero-order valence-electron chi connectivity index (χ0n) is 16.0. The molecule has 30 heavy (non-hydrogen) atoms. The van der Waals surface area contributed by atoms with Crippen molar-refractivity contribution < 1.29 is 17.6 Å². The SMILES string of the molecule is CS(=O)(=O)c1ccccc1C(=O)N1CC(n2nc(-c3cccc(F)c3)ccc2=O)C1. The van der Waals surface area contributed by atoms with E-state index >= 15 is 0 Å². The number of carbonyl (C=O) groups excluding carboxylic acids is 1. The molecule has 1 aliphatic heterocycles. The van der Waals surface area contributed by atoms with Gasteiger partial charge in [0.15, 0.2) is 9.84 Å². The number of carbonyl (C=O) groups is 1. The Hall–Kier alpha value is -3.33. The summed E-state index contributed by atoms with van der Waals surface area (Å²) in [6, 6.07) is 14.5. The van der Waals surface area contributed by atoms with Crippen LogP contribution in [0.3, 0.4) is 0 Å². The van der Waals surface area contributed by atoms with Crippen LogP contribution >= 0.6 is 0 Å². The second-order valence-corrected chi connectivity index (χ2v) is 9.13. The number of halogens is 1. The fraction of sp³-hybridized carbons (Fsp3) is 0.190. The number of amides is 1. The molecule has 1 fully saturated rings. The van der Waals surface area contributed by atoms with Gasteiger partial charge in [-0.3, -0.25) is 9.59 Å². The van der Waals surface area contributed by atoms with Gasteiger partial charge in [0.05, 0.1) is 22.2 Å². The Morgan fingerprint density at radius 1 is 1.07 bits per heavy atom. The number of aromatic nitrogens is 2. The quantitative estimate of drug-likeness (QED) is 0.637. The fourth-order valence-corrected chi connectivity index (χ4v) is 4.28. The van der Waals surface area contributed by atoms with Crippen LogP contribution in [0.25, 0.3) is 11.3 Å². The molecule has 2 heterocycles. The van der Waals surface area contributed by atoms with E-state index in [4.69, 9.17) is 0 Å². The van der Waals surface area contributed by atoms with Crippen LogP contribution in [0.5, 0.6) is 0 Å². The third-order valence-electron chi connectivity index (χ3n) is 4.96. The lowest BCUT2D eigenvalue weighted by Crippen LogP contribution is -2.53. The normalized spacial score (nSPS) is 14.4. The summed E-state index contributed by atoms with van der Waals surface area (Å²) in [7, 11) is -3.55. The predicted octanol–water partition coefficient (Wildman–Crippen LogP) is 2.15.